The molecule has 0 fully saturated rings. The zero-order valence-corrected chi connectivity index (χ0v) is 7.75. The van der Waals surface area contributed by atoms with Crippen molar-refractivity contribution in [3.8, 4) is 0 Å². The Kier molecular flexibility index (Phi) is 3.49. The average Bonchev–Trinajstić information content (AvgIpc) is 2.17. The number of nitrogens with one attached hydrogen (secondary N) is 1. The zero-order valence-electron chi connectivity index (χ0n) is 7.75. The van der Waals surface area contributed by atoms with Gasteiger partial charge in [0.25, 0.3) is 0 Å². The summed E-state index contributed by atoms with van der Waals surface area (Å²) in [5, 5.41) is 1.96. The molecule has 0 aliphatic rings. The minimum atomic E-state index is -4.49. The molecule has 1 aromatic rings. The molecule has 1 N–H and O–H groups in total. The van der Waals surface area contributed by atoms with Crippen LogP contribution in [0.4, 0.5) is 23.7 Å². The Labute approximate surface area is 88.0 Å². The van der Waals surface area contributed by atoms with Gasteiger partial charge >= 0.3 is 18.7 Å². The van der Waals surface area contributed by atoms with Gasteiger partial charge in [0.1, 0.15) is 0 Å². The summed E-state index contributed by atoms with van der Waals surface area (Å²) in [6.07, 6.45) is -5.64. The molecule has 7 heteroatoms. The van der Waals surface area contributed by atoms with Crippen molar-refractivity contribution in [2.24, 2.45) is 0 Å². The van der Waals surface area contributed by atoms with Crippen LogP contribution in [0, 0.1) is 0 Å². The van der Waals surface area contributed by atoms with Crippen LogP contribution in [-0.4, -0.2) is 12.6 Å². The molecule has 0 saturated carbocycles. The molecule has 16 heavy (non-hydrogen) atoms. The van der Waals surface area contributed by atoms with E-state index >= 15 is 0 Å². The highest BCUT2D eigenvalue weighted by Crippen LogP contribution is 2.30. The molecule has 0 heterocycles. The summed E-state index contributed by atoms with van der Waals surface area (Å²) in [6, 6.07) is 3.95. The second kappa shape index (κ2) is 4.65. The number of rotatable bonds is 2. The van der Waals surface area contributed by atoms with Gasteiger partial charge in [-0.1, -0.05) is 6.07 Å². The first-order valence-corrected chi connectivity index (χ1v) is 4.02. The lowest BCUT2D eigenvalue weighted by Gasteiger charge is -2.08. The van der Waals surface area contributed by atoms with E-state index in [-0.39, 0.29) is 12.2 Å². The molecule has 0 aliphatic heterocycles. The molecule has 4 nitrogen and oxygen atoms in total. The van der Waals surface area contributed by atoms with Crippen LogP contribution in [0.15, 0.2) is 24.3 Å². The highest BCUT2D eigenvalue weighted by atomic mass is 19.4. The molecule has 1 aromatic carbocycles. The van der Waals surface area contributed by atoms with Gasteiger partial charge in [0.05, 0.1) is 5.56 Å². The van der Waals surface area contributed by atoms with Crippen LogP contribution in [0.25, 0.3) is 0 Å². The Hall–Kier alpha value is -2.05. The van der Waals surface area contributed by atoms with E-state index in [1.165, 1.54) is 6.07 Å². The normalized spacial score (nSPS) is 10.7. The summed E-state index contributed by atoms with van der Waals surface area (Å²) in [6.45, 7) is -0.122. The fourth-order valence-electron chi connectivity index (χ4n) is 0.964. The Morgan fingerprint density at radius 2 is 2.06 bits per heavy atom. The fourth-order valence-corrected chi connectivity index (χ4v) is 0.964. The van der Waals surface area contributed by atoms with Crippen LogP contribution in [-0.2, 0) is 15.7 Å². The van der Waals surface area contributed by atoms with Gasteiger partial charge in [0.15, 0.2) is 0 Å². The van der Waals surface area contributed by atoms with Crippen molar-refractivity contribution >= 4 is 18.3 Å². The molecular formula is C9H6F3NO3. The maximum absolute atomic E-state index is 12.3. The first-order valence-electron chi connectivity index (χ1n) is 4.02. The minimum absolute atomic E-state index is 0.110. The molecular weight excluding hydrogens is 227 g/mol. The summed E-state index contributed by atoms with van der Waals surface area (Å²) in [4.78, 5) is 20.5. The third-order valence-electron chi connectivity index (χ3n) is 1.59. The van der Waals surface area contributed by atoms with E-state index in [2.05, 4.69) is 4.74 Å². The summed E-state index contributed by atoms with van der Waals surface area (Å²) >= 11 is 0. The van der Waals surface area contributed by atoms with E-state index in [1.807, 2.05) is 5.32 Å². The quantitative estimate of drug-likeness (QED) is 0.630. The number of carbonyl (C=O) groups excluding carboxylic acids is 2. The zero-order chi connectivity index (χ0) is 12.2. The van der Waals surface area contributed by atoms with E-state index in [0.717, 1.165) is 18.2 Å². The van der Waals surface area contributed by atoms with Gasteiger partial charge in [0, 0.05) is 5.69 Å². The SMILES string of the molecule is O=COC(=O)Nc1cccc(C(F)(F)F)c1. The molecule has 0 aliphatic carbocycles. The van der Waals surface area contributed by atoms with E-state index in [0.29, 0.717) is 0 Å². The lowest BCUT2D eigenvalue weighted by molar-refractivity contribution is -0.137. The van der Waals surface area contributed by atoms with Crippen LogP contribution in [0.1, 0.15) is 5.56 Å². The minimum Gasteiger partial charge on any atom is -0.378 e. The number of amides is 1. The first-order chi connectivity index (χ1) is 7.43. The molecule has 1 rings (SSSR count). The number of anilines is 1. The predicted octanol–water partition coefficient (Wildman–Crippen LogP) is 2.41. The monoisotopic (exact) mass is 233 g/mol. The maximum atomic E-state index is 12.3. The number of alkyl halides is 3. The fraction of sp³-hybridized carbons (Fsp3) is 0.111. The molecule has 0 spiro atoms. The smallest absolute Gasteiger partial charge is 0.378 e. The second-order valence-electron chi connectivity index (χ2n) is 2.71. The molecule has 86 valence electrons. The van der Waals surface area contributed by atoms with Gasteiger partial charge in [-0.25, -0.2) is 4.79 Å². The topological polar surface area (TPSA) is 55.4 Å². The van der Waals surface area contributed by atoms with Crippen molar-refractivity contribution < 1.29 is 27.5 Å². The molecule has 0 saturated heterocycles. The Bertz CT molecular complexity index is 403. The predicted molar refractivity (Wildman–Crippen MR) is 47.6 cm³/mol. The molecule has 0 atom stereocenters. The van der Waals surface area contributed by atoms with Crippen LogP contribution in [0.3, 0.4) is 0 Å². The van der Waals surface area contributed by atoms with Gasteiger partial charge in [-0.3, -0.25) is 10.1 Å². The lowest BCUT2D eigenvalue weighted by Crippen LogP contribution is -2.13. The van der Waals surface area contributed by atoms with Crippen molar-refractivity contribution in [2.45, 2.75) is 6.18 Å². The Morgan fingerprint density at radius 1 is 1.38 bits per heavy atom. The van der Waals surface area contributed by atoms with Crippen molar-refractivity contribution in [1.82, 2.24) is 0 Å². The molecule has 1 amide bonds. The molecule has 0 unspecified atom stereocenters. The summed E-state index contributed by atoms with van der Waals surface area (Å²) in [5.41, 5.74) is -1.02. The van der Waals surface area contributed by atoms with E-state index < -0.39 is 17.8 Å². The second-order valence-corrected chi connectivity index (χ2v) is 2.71. The largest absolute Gasteiger partial charge is 0.419 e. The lowest BCUT2D eigenvalue weighted by atomic mass is 10.2. The maximum Gasteiger partial charge on any atom is 0.419 e. The summed E-state index contributed by atoms with van der Waals surface area (Å²) in [5.74, 6) is 0. The number of hydrogen-bond acceptors (Lipinski definition) is 3. The highest BCUT2D eigenvalue weighted by Gasteiger charge is 2.30. The van der Waals surface area contributed by atoms with Gasteiger partial charge in [0.2, 0.25) is 0 Å². The Balaban J connectivity index is 2.83. The Morgan fingerprint density at radius 3 is 2.62 bits per heavy atom. The van der Waals surface area contributed by atoms with Crippen molar-refractivity contribution in [3.63, 3.8) is 0 Å². The van der Waals surface area contributed by atoms with E-state index in [1.54, 1.807) is 0 Å². The summed E-state index contributed by atoms with van der Waals surface area (Å²) in [7, 11) is 0. The number of hydrogen-bond donors (Lipinski definition) is 1. The van der Waals surface area contributed by atoms with Crippen LogP contribution in [0.2, 0.25) is 0 Å². The summed E-state index contributed by atoms with van der Waals surface area (Å²) < 4.78 is 40.6. The van der Waals surface area contributed by atoms with Gasteiger partial charge < -0.3 is 4.74 Å². The molecule has 0 radical (unpaired) electrons. The average molecular weight is 233 g/mol. The standard InChI is InChI=1S/C9H6F3NO3/c10-9(11,12)6-2-1-3-7(4-6)13-8(15)16-5-14/h1-5H,(H,13,15). The van der Waals surface area contributed by atoms with Crippen LogP contribution in [0.5, 0.6) is 0 Å². The number of carbonyl (C=O) groups is 2. The van der Waals surface area contributed by atoms with Crippen LogP contribution >= 0.6 is 0 Å². The van der Waals surface area contributed by atoms with Crippen molar-refractivity contribution in [1.29, 1.82) is 0 Å². The first kappa shape index (κ1) is 12.0. The number of halogens is 3. The third kappa shape index (κ3) is 3.26. The van der Waals surface area contributed by atoms with Crippen LogP contribution < -0.4 is 5.32 Å². The van der Waals surface area contributed by atoms with Crippen molar-refractivity contribution in [2.75, 3.05) is 5.32 Å². The third-order valence-corrected chi connectivity index (χ3v) is 1.59. The van der Waals surface area contributed by atoms with Gasteiger partial charge in [-0.15, -0.1) is 0 Å². The molecule has 0 bridgehead atoms. The van der Waals surface area contributed by atoms with Gasteiger partial charge in [-0.05, 0) is 18.2 Å². The number of ether oxygens (including phenoxy) is 1. The molecule has 0 aromatic heterocycles. The highest BCUT2D eigenvalue weighted by molar-refractivity contribution is 5.88. The van der Waals surface area contributed by atoms with E-state index in [4.69, 9.17) is 0 Å². The number of benzene rings is 1. The van der Waals surface area contributed by atoms with Crippen molar-refractivity contribution in [3.05, 3.63) is 29.8 Å². The van der Waals surface area contributed by atoms with E-state index in [9.17, 15) is 22.8 Å². The van der Waals surface area contributed by atoms with Gasteiger partial charge in [-0.2, -0.15) is 13.2 Å².